The lowest BCUT2D eigenvalue weighted by Crippen LogP contribution is -1.90. The monoisotopic (exact) mass is 239 g/mol. The molecule has 4 heteroatoms. The van der Waals surface area contributed by atoms with Crippen molar-refractivity contribution in [1.82, 2.24) is 4.98 Å². The van der Waals surface area contributed by atoms with Gasteiger partial charge in [-0.1, -0.05) is 19.9 Å². The smallest absolute Gasteiger partial charge is 0.169 e. The van der Waals surface area contributed by atoms with Crippen molar-refractivity contribution in [2.45, 2.75) is 19.8 Å². The number of thiazole rings is 1. The summed E-state index contributed by atoms with van der Waals surface area (Å²) in [6.07, 6.45) is 0. The van der Waals surface area contributed by atoms with E-state index in [1.807, 2.05) is 19.2 Å². The van der Waals surface area contributed by atoms with Crippen LogP contribution in [0.5, 0.6) is 0 Å². The summed E-state index contributed by atoms with van der Waals surface area (Å²) in [5.41, 5.74) is 1.14. The summed E-state index contributed by atoms with van der Waals surface area (Å²) in [5, 5.41) is 2.41. The number of benzene rings is 1. The number of hydrogen-bond acceptors (Lipinski definition) is 2. The van der Waals surface area contributed by atoms with Crippen LogP contribution < -0.4 is 0 Å². The molecule has 0 aliphatic rings. The van der Waals surface area contributed by atoms with Gasteiger partial charge in [-0.3, -0.25) is 0 Å². The SMILES string of the molecule is CC(C)c1csc(-c2cccc(F)c2F)n1. The van der Waals surface area contributed by atoms with Gasteiger partial charge in [0.1, 0.15) is 5.01 Å². The van der Waals surface area contributed by atoms with E-state index >= 15 is 0 Å². The van der Waals surface area contributed by atoms with E-state index in [4.69, 9.17) is 0 Å². The quantitative estimate of drug-likeness (QED) is 0.765. The molecule has 2 rings (SSSR count). The molecule has 0 aliphatic carbocycles. The zero-order chi connectivity index (χ0) is 11.7. The Bertz CT molecular complexity index is 505. The van der Waals surface area contributed by atoms with E-state index in [9.17, 15) is 8.78 Å². The number of aromatic nitrogens is 1. The highest BCUT2D eigenvalue weighted by Crippen LogP contribution is 2.29. The Morgan fingerprint density at radius 2 is 2.00 bits per heavy atom. The molecule has 0 spiro atoms. The molecule has 1 heterocycles. The number of rotatable bonds is 2. The lowest BCUT2D eigenvalue weighted by atomic mass is 10.1. The molecule has 84 valence electrons. The van der Waals surface area contributed by atoms with Crippen molar-refractivity contribution in [2.75, 3.05) is 0 Å². The van der Waals surface area contributed by atoms with Gasteiger partial charge >= 0.3 is 0 Å². The molecule has 0 aliphatic heterocycles. The molecule has 0 unspecified atom stereocenters. The molecule has 0 N–H and O–H groups in total. The first kappa shape index (κ1) is 11.2. The van der Waals surface area contributed by atoms with Crippen LogP contribution in [0.3, 0.4) is 0 Å². The molecule has 0 bridgehead atoms. The minimum atomic E-state index is -0.834. The Balaban J connectivity index is 2.47. The number of hydrogen-bond donors (Lipinski definition) is 0. The van der Waals surface area contributed by atoms with Gasteiger partial charge in [-0.2, -0.15) is 0 Å². The Kier molecular flexibility index (Phi) is 3.01. The van der Waals surface area contributed by atoms with Gasteiger partial charge in [0, 0.05) is 10.9 Å². The summed E-state index contributed by atoms with van der Waals surface area (Å²) in [5.74, 6) is -1.37. The van der Waals surface area contributed by atoms with E-state index in [0.717, 1.165) is 11.8 Å². The van der Waals surface area contributed by atoms with E-state index < -0.39 is 11.6 Å². The number of halogens is 2. The van der Waals surface area contributed by atoms with Crippen molar-refractivity contribution in [3.05, 3.63) is 40.9 Å². The topological polar surface area (TPSA) is 12.9 Å². The first-order chi connectivity index (χ1) is 7.59. The maximum atomic E-state index is 13.5. The van der Waals surface area contributed by atoms with Gasteiger partial charge in [0.15, 0.2) is 11.6 Å². The first-order valence-electron chi connectivity index (χ1n) is 4.99. The number of nitrogens with zero attached hydrogens (tertiary/aromatic N) is 1. The van der Waals surface area contributed by atoms with Crippen LogP contribution in [0.2, 0.25) is 0 Å². The summed E-state index contributed by atoms with van der Waals surface area (Å²) in [6, 6.07) is 4.14. The molecule has 1 aromatic heterocycles. The molecule has 1 aromatic carbocycles. The molecule has 0 radical (unpaired) electrons. The molecule has 16 heavy (non-hydrogen) atoms. The Labute approximate surface area is 96.8 Å². The zero-order valence-electron chi connectivity index (χ0n) is 9.00. The zero-order valence-corrected chi connectivity index (χ0v) is 9.81. The maximum Gasteiger partial charge on any atom is 0.169 e. The summed E-state index contributed by atoms with van der Waals surface area (Å²) >= 11 is 1.34. The lowest BCUT2D eigenvalue weighted by Gasteiger charge is -2.00. The van der Waals surface area contributed by atoms with Crippen molar-refractivity contribution >= 4 is 11.3 Å². The van der Waals surface area contributed by atoms with E-state index in [1.54, 1.807) is 6.07 Å². The second-order valence-corrected chi connectivity index (χ2v) is 4.69. The molecule has 0 fully saturated rings. The summed E-state index contributed by atoms with van der Waals surface area (Å²) in [6.45, 7) is 4.03. The van der Waals surface area contributed by atoms with E-state index in [-0.39, 0.29) is 5.56 Å². The van der Waals surface area contributed by atoms with Gasteiger partial charge in [-0.25, -0.2) is 13.8 Å². The van der Waals surface area contributed by atoms with Crippen molar-refractivity contribution < 1.29 is 8.78 Å². The van der Waals surface area contributed by atoms with Crippen LogP contribution >= 0.6 is 11.3 Å². The summed E-state index contributed by atoms with van der Waals surface area (Å²) in [7, 11) is 0. The molecular weight excluding hydrogens is 228 g/mol. The van der Waals surface area contributed by atoms with Crippen LogP contribution in [-0.2, 0) is 0 Å². The second kappa shape index (κ2) is 4.29. The Hall–Kier alpha value is -1.29. The van der Waals surface area contributed by atoms with Gasteiger partial charge < -0.3 is 0 Å². The standard InChI is InChI=1S/C12H11F2NS/c1-7(2)10-6-16-12(15-10)8-4-3-5-9(13)11(8)14/h3-7H,1-2H3. The predicted molar refractivity (Wildman–Crippen MR) is 61.6 cm³/mol. The maximum absolute atomic E-state index is 13.5. The average molecular weight is 239 g/mol. The molecule has 0 saturated carbocycles. The third kappa shape index (κ3) is 1.97. The fourth-order valence-corrected chi connectivity index (χ4v) is 2.34. The van der Waals surface area contributed by atoms with Crippen LogP contribution in [0.1, 0.15) is 25.5 Å². The Morgan fingerprint density at radius 1 is 1.25 bits per heavy atom. The largest absolute Gasteiger partial charge is 0.241 e. The van der Waals surface area contributed by atoms with Gasteiger partial charge in [-0.15, -0.1) is 11.3 Å². The lowest BCUT2D eigenvalue weighted by molar-refractivity contribution is 0.511. The minimum Gasteiger partial charge on any atom is -0.241 e. The Morgan fingerprint density at radius 3 is 2.62 bits per heavy atom. The fourth-order valence-electron chi connectivity index (χ4n) is 1.34. The van der Waals surface area contributed by atoms with Gasteiger partial charge in [0.2, 0.25) is 0 Å². The molecule has 2 aromatic rings. The normalized spacial score (nSPS) is 11.1. The van der Waals surface area contributed by atoms with E-state index in [2.05, 4.69) is 4.98 Å². The van der Waals surface area contributed by atoms with Crippen molar-refractivity contribution in [3.8, 4) is 10.6 Å². The van der Waals surface area contributed by atoms with Gasteiger partial charge in [0.05, 0.1) is 5.69 Å². The van der Waals surface area contributed by atoms with E-state index in [0.29, 0.717) is 10.9 Å². The van der Waals surface area contributed by atoms with Gasteiger partial charge in [-0.05, 0) is 18.1 Å². The fraction of sp³-hybridized carbons (Fsp3) is 0.250. The third-order valence-electron chi connectivity index (χ3n) is 2.30. The molecule has 0 atom stereocenters. The molecular formula is C12H11F2NS. The molecule has 0 amide bonds. The second-order valence-electron chi connectivity index (χ2n) is 3.83. The van der Waals surface area contributed by atoms with Crippen LogP contribution in [0.25, 0.3) is 10.6 Å². The highest BCUT2D eigenvalue weighted by Gasteiger charge is 2.13. The van der Waals surface area contributed by atoms with Crippen molar-refractivity contribution in [2.24, 2.45) is 0 Å². The third-order valence-corrected chi connectivity index (χ3v) is 3.19. The predicted octanol–water partition coefficient (Wildman–Crippen LogP) is 4.21. The van der Waals surface area contributed by atoms with Crippen molar-refractivity contribution in [1.29, 1.82) is 0 Å². The van der Waals surface area contributed by atoms with Crippen molar-refractivity contribution in [3.63, 3.8) is 0 Å². The highest BCUT2D eigenvalue weighted by atomic mass is 32.1. The first-order valence-corrected chi connectivity index (χ1v) is 5.87. The van der Waals surface area contributed by atoms with Crippen LogP contribution in [0, 0.1) is 11.6 Å². The summed E-state index contributed by atoms with van der Waals surface area (Å²) in [4.78, 5) is 4.29. The van der Waals surface area contributed by atoms with Crippen LogP contribution in [0.15, 0.2) is 23.6 Å². The van der Waals surface area contributed by atoms with Gasteiger partial charge in [0.25, 0.3) is 0 Å². The van der Waals surface area contributed by atoms with Crippen LogP contribution in [0.4, 0.5) is 8.78 Å². The average Bonchev–Trinajstić information content (AvgIpc) is 2.71. The highest BCUT2D eigenvalue weighted by molar-refractivity contribution is 7.13. The molecule has 1 nitrogen and oxygen atoms in total. The molecule has 0 saturated heterocycles. The summed E-state index contributed by atoms with van der Waals surface area (Å²) < 4.78 is 26.5. The minimum absolute atomic E-state index is 0.233. The van der Waals surface area contributed by atoms with E-state index in [1.165, 1.54) is 17.4 Å². The van der Waals surface area contributed by atoms with Crippen LogP contribution in [-0.4, -0.2) is 4.98 Å².